The van der Waals surface area contributed by atoms with Crippen LogP contribution < -0.4 is 0 Å². The van der Waals surface area contributed by atoms with E-state index < -0.39 is 0 Å². The van der Waals surface area contributed by atoms with Crippen molar-refractivity contribution in [2.75, 3.05) is 19.8 Å². The predicted octanol–water partition coefficient (Wildman–Crippen LogP) is 2.42. The first-order chi connectivity index (χ1) is 12.2. The van der Waals surface area contributed by atoms with Gasteiger partial charge in [0.1, 0.15) is 5.69 Å². The number of pyridine rings is 1. The van der Waals surface area contributed by atoms with Gasteiger partial charge >= 0.3 is 0 Å². The highest BCUT2D eigenvalue weighted by atomic mass is 16.5. The van der Waals surface area contributed by atoms with Crippen LogP contribution in [0, 0.1) is 0 Å². The highest BCUT2D eigenvalue weighted by Crippen LogP contribution is 2.26. The van der Waals surface area contributed by atoms with E-state index in [0.29, 0.717) is 25.5 Å². The molecule has 0 aliphatic carbocycles. The van der Waals surface area contributed by atoms with Crippen molar-refractivity contribution in [3.05, 3.63) is 72.6 Å². The summed E-state index contributed by atoms with van der Waals surface area (Å²) in [5.41, 5.74) is 2.44. The number of aromatic nitrogens is 3. The molecule has 4 rings (SSSR count). The SMILES string of the molecule is Cn1cccc1C1COCCN1C(=O)c1cc(-n2cccc2)ccn1. The maximum atomic E-state index is 13.1. The van der Waals surface area contributed by atoms with Crippen LogP contribution in [-0.4, -0.2) is 44.7 Å². The summed E-state index contributed by atoms with van der Waals surface area (Å²) in [5.74, 6) is -0.0662. The number of ether oxygens (including phenoxy) is 1. The second-order valence-electron chi connectivity index (χ2n) is 6.12. The van der Waals surface area contributed by atoms with Crippen molar-refractivity contribution in [1.82, 2.24) is 19.0 Å². The summed E-state index contributed by atoms with van der Waals surface area (Å²) in [7, 11) is 1.98. The van der Waals surface area contributed by atoms with Crippen LogP contribution in [0.4, 0.5) is 0 Å². The average Bonchev–Trinajstić information content (AvgIpc) is 3.33. The third-order valence-electron chi connectivity index (χ3n) is 4.58. The van der Waals surface area contributed by atoms with E-state index in [4.69, 9.17) is 4.74 Å². The summed E-state index contributed by atoms with van der Waals surface area (Å²) in [4.78, 5) is 19.3. The number of carbonyl (C=O) groups is 1. The first-order valence-corrected chi connectivity index (χ1v) is 8.33. The fourth-order valence-corrected chi connectivity index (χ4v) is 3.26. The molecule has 128 valence electrons. The van der Waals surface area contributed by atoms with Crippen LogP contribution in [0.1, 0.15) is 22.2 Å². The molecule has 0 aromatic carbocycles. The molecule has 0 N–H and O–H groups in total. The van der Waals surface area contributed by atoms with Crippen LogP contribution >= 0.6 is 0 Å². The maximum Gasteiger partial charge on any atom is 0.273 e. The van der Waals surface area contributed by atoms with E-state index >= 15 is 0 Å². The standard InChI is InChI=1S/C19H20N4O2/c1-21-8-4-5-17(21)18-14-25-12-11-23(18)19(24)16-13-15(6-7-20-16)22-9-2-3-10-22/h2-10,13,18H,11-12,14H2,1H3. The summed E-state index contributed by atoms with van der Waals surface area (Å²) < 4.78 is 9.62. The van der Waals surface area contributed by atoms with Crippen LogP contribution in [0.15, 0.2) is 61.2 Å². The summed E-state index contributed by atoms with van der Waals surface area (Å²) in [6, 6.07) is 11.6. The van der Waals surface area contributed by atoms with Crippen molar-refractivity contribution in [3.8, 4) is 5.69 Å². The molecule has 6 heteroatoms. The van der Waals surface area contributed by atoms with Crippen molar-refractivity contribution >= 4 is 5.91 Å². The Kier molecular flexibility index (Phi) is 4.11. The number of nitrogens with zero attached hydrogens (tertiary/aromatic N) is 4. The molecule has 1 amide bonds. The number of amides is 1. The van der Waals surface area contributed by atoms with Crippen LogP contribution in [0.5, 0.6) is 0 Å². The number of aryl methyl sites for hydroxylation is 1. The van der Waals surface area contributed by atoms with E-state index in [1.165, 1.54) is 0 Å². The van der Waals surface area contributed by atoms with E-state index in [0.717, 1.165) is 11.4 Å². The topological polar surface area (TPSA) is 52.3 Å². The van der Waals surface area contributed by atoms with E-state index in [2.05, 4.69) is 4.98 Å². The maximum absolute atomic E-state index is 13.1. The Hall–Kier alpha value is -2.86. The third kappa shape index (κ3) is 2.96. The summed E-state index contributed by atoms with van der Waals surface area (Å²) in [5, 5.41) is 0. The lowest BCUT2D eigenvalue weighted by Crippen LogP contribution is -2.44. The quantitative estimate of drug-likeness (QED) is 0.738. The van der Waals surface area contributed by atoms with E-state index in [1.807, 2.05) is 76.1 Å². The van der Waals surface area contributed by atoms with E-state index in [9.17, 15) is 4.79 Å². The lowest BCUT2D eigenvalue weighted by molar-refractivity contribution is -0.00494. The van der Waals surface area contributed by atoms with Crippen molar-refractivity contribution < 1.29 is 9.53 Å². The fourth-order valence-electron chi connectivity index (χ4n) is 3.26. The molecule has 25 heavy (non-hydrogen) atoms. The molecular formula is C19H20N4O2. The van der Waals surface area contributed by atoms with Crippen molar-refractivity contribution in [3.63, 3.8) is 0 Å². The zero-order valence-corrected chi connectivity index (χ0v) is 14.1. The minimum atomic E-state index is -0.0988. The minimum absolute atomic E-state index is 0.0662. The van der Waals surface area contributed by atoms with E-state index in [1.54, 1.807) is 6.20 Å². The van der Waals surface area contributed by atoms with Gasteiger partial charge in [0.25, 0.3) is 5.91 Å². The van der Waals surface area contributed by atoms with Gasteiger partial charge in [-0.1, -0.05) is 0 Å². The Labute approximate surface area is 146 Å². The minimum Gasteiger partial charge on any atom is -0.377 e. The molecule has 0 saturated carbocycles. The molecular weight excluding hydrogens is 316 g/mol. The number of carbonyl (C=O) groups excluding carboxylic acids is 1. The van der Waals surface area contributed by atoms with Gasteiger partial charge in [0.2, 0.25) is 0 Å². The number of morpholine rings is 1. The molecule has 0 spiro atoms. The normalized spacial score (nSPS) is 17.6. The Bertz CT molecular complexity index is 869. The lowest BCUT2D eigenvalue weighted by Gasteiger charge is -2.35. The van der Waals surface area contributed by atoms with Crippen LogP contribution in [0.3, 0.4) is 0 Å². The second kappa shape index (κ2) is 6.57. The third-order valence-corrected chi connectivity index (χ3v) is 4.58. The monoisotopic (exact) mass is 336 g/mol. The van der Waals surface area contributed by atoms with Crippen molar-refractivity contribution in [2.24, 2.45) is 7.05 Å². The zero-order chi connectivity index (χ0) is 17.2. The molecule has 1 fully saturated rings. The fraction of sp³-hybridized carbons (Fsp3) is 0.263. The molecule has 1 atom stereocenters. The number of rotatable bonds is 3. The average molecular weight is 336 g/mol. The van der Waals surface area contributed by atoms with Crippen LogP contribution in [-0.2, 0) is 11.8 Å². The molecule has 1 aliphatic heterocycles. The number of hydrogen-bond donors (Lipinski definition) is 0. The van der Waals surface area contributed by atoms with Gasteiger partial charge in [-0.05, 0) is 36.4 Å². The van der Waals surface area contributed by atoms with Gasteiger partial charge in [0.15, 0.2) is 0 Å². The molecule has 3 aromatic heterocycles. The molecule has 1 unspecified atom stereocenters. The molecule has 6 nitrogen and oxygen atoms in total. The van der Waals surface area contributed by atoms with Crippen LogP contribution in [0.25, 0.3) is 5.69 Å². The first kappa shape index (κ1) is 15.7. The predicted molar refractivity (Wildman–Crippen MR) is 93.6 cm³/mol. The Balaban J connectivity index is 1.65. The van der Waals surface area contributed by atoms with Crippen molar-refractivity contribution in [2.45, 2.75) is 6.04 Å². The van der Waals surface area contributed by atoms with Crippen LogP contribution in [0.2, 0.25) is 0 Å². The lowest BCUT2D eigenvalue weighted by atomic mass is 10.1. The smallest absolute Gasteiger partial charge is 0.273 e. The second-order valence-corrected chi connectivity index (χ2v) is 6.12. The van der Waals surface area contributed by atoms with Gasteiger partial charge in [0, 0.05) is 49.8 Å². The van der Waals surface area contributed by atoms with Gasteiger partial charge in [-0.2, -0.15) is 0 Å². The summed E-state index contributed by atoms with van der Waals surface area (Å²) in [6.07, 6.45) is 7.56. The molecule has 1 aliphatic rings. The molecule has 0 bridgehead atoms. The largest absolute Gasteiger partial charge is 0.377 e. The van der Waals surface area contributed by atoms with Gasteiger partial charge in [-0.15, -0.1) is 0 Å². The van der Waals surface area contributed by atoms with Gasteiger partial charge in [-0.25, -0.2) is 0 Å². The Morgan fingerprint density at radius 3 is 2.80 bits per heavy atom. The molecule has 1 saturated heterocycles. The Morgan fingerprint density at radius 1 is 1.20 bits per heavy atom. The summed E-state index contributed by atoms with van der Waals surface area (Å²) >= 11 is 0. The van der Waals surface area contributed by atoms with E-state index in [-0.39, 0.29) is 11.9 Å². The molecule has 0 radical (unpaired) electrons. The highest BCUT2D eigenvalue weighted by molar-refractivity contribution is 5.93. The van der Waals surface area contributed by atoms with Gasteiger partial charge in [-0.3, -0.25) is 9.78 Å². The number of hydrogen-bond acceptors (Lipinski definition) is 3. The Morgan fingerprint density at radius 2 is 2.04 bits per heavy atom. The molecule has 3 aromatic rings. The van der Waals surface area contributed by atoms with Gasteiger partial charge in [0.05, 0.1) is 19.3 Å². The first-order valence-electron chi connectivity index (χ1n) is 8.33. The zero-order valence-electron chi connectivity index (χ0n) is 14.1. The highest BCUT2D eigenvalue weighted by Gasteiger charge is 2.31. The summed E-state index contributed by atoms with van der Waals surface area (Å²) in [6.45, 7) is 1.61. The van der Waals surface area contributed by atoms with Crippen molar-refractivity contribution in [1.29, 1.82) is 0 Å². The molecule has 4 heterocycles. The van der Waals surface area contributed by atoms with Gasteiger partial charge < -0.3 is 18.8 Å².